The summed E-state index contributed by atoms with van der Waals surface area (Å²) in [6, 6.07) is 11.4. The second-order valence-corrected chi connectivity index (χ2v) is 6.08. The number of ether oxygens (including phenoxy) is 2. The first kappa shape index (κ1) is 16.6. The SMILES string of the molecule is CO[C@H]1CCCN(C(=O)c2oc(COc3ccccc3)cc2C)C1. The zero-order chi connectivity index (χ0) is 16.9. The molecule has 0 bridgehead atoms. The van der Waals surface area contributed by atoms with Crippen LogP contribution in [0.1, 0.15) is 34.7 Å². The van der Waals surface area contributed by atoms with E-state index in [1.54, 1.807) is 7.11 Å². The number of piperidine rings is 1. The fourth-order valence-corrected chi connectivity index (χ4v) is 2.96. The molecule has 2 heterocycles. The van der Waals surface area contributed by atoms with Crippen molar-refractivity contribution in [3.63, 3.8) is 0 Å². The maximum absolute atomic E-state index is 12.7. The third kappa shape index (κ3) is 3.79. The number of rotatable bonds is 5. The molecule has 0 saturated carbocycles. The minimum absolute atomic E-state index is 0.0692. The summed E-state index contributed by atoms with van der Waals surface area (Å²) in [4.78, 5) is 14.5. The number of benzene rings is 1. The fourth-order valence-electron chi connectivity index (χ4n) is 2.96. The number of furan rings is 1. The van der Waals surface area contributed by atoms with Crippen molar-refractivity contribution in [1.82, 2.24) is 4.90 Å². The highest BCUT2D eigenvalue weighted by Crippen LogP contribution is 2.21. The molecule has 5 heteroatoms. The predicted octanol–water partition coefficient (Wildman–Crippen LogP) is 3.42. The van der Waals surface area contributed by atoms with E-state index in [-0.39, 0.29) is 12.0 Å². The van der Waals surface area contributed by atoms with E-state index in [1.807, 2.05) is 48.2 Å². The summed E-state index contributed by atoms with van der Waals surface area (Å²) < 4.78 is 16.8. The molecule has 1 aromatic heterocycles. The Morgan fingerprint density at radius 3 is 2.88 bits per heavy atom. The number of aryl methyl sites for hydroxylation is 1. The van der Waals surface area contributed by atoms with Crippen LogP contribution in [0.5, 0.6) is 5.75 Å². The standard InChI is InChI=1S/C19H23NO4/c1-14-11-17(13-23-15-7-4-3-5-8-15)24-18(14)19(21)20-10-6-9-16(12-20)22-2/h3-5,7-8,11,16H,6,9-10,12-13H2,1-2H3/t16-/m0/s1. The van der Waals surface area contributed by atoms with Crippen molar-refractivity contribution in [3.05, 3.63) is 53.5 Å². The van der Waals surface area contributed by atoms with Gasteiger partial charge in [-0.2, -0.15) is 0 Å². The second kappa shape index (κ2) is 7.53. The molecular formula is C19H23NO4. The van der Waals surface area contributed by atoms with E-state index < -0.39 is 0 Å². The van der Waals surface area contributed by atoms with Gasteiger partial charge >= 0.3 is 0 Å². The molecule has 0 aliphatic carbocycles. The summed E-state index contributed by atoms with van der Waals surface area (Å²) in [5.74, 6) is 1.76. The molecule has 0 unspecified atom stereocenters. The third-order valence-corrected chi connectivity index (χ3v) is 4.29. The van der Waals surface area contributed by atoms with Gasteiger partial charge in [0, 0.05) is 25.8 Å². The first-order chi connectivity index (χ1) is 11.7. The van der Waals surface area contributed by atoms with Crippen LogP contribution >= 0.6 is 0 Å². The Hall–Kier alpha value is -2.27. The van der Waals surface area contributed by atoms with E-state index in [2.05, 4.69) is 0 Å². The third-order valence-electron chi connectivity index (χ3n) is 4.29. The lowest BCUT2D eigenvalue weighted by Crippen LogP contribution is -2.42. The van der Waals surface area contributed by atoms with Crippen molar-refractivity contribution in [1.29, 1.82) is 0 Å². The zero-order valence-corrected chi connectivity index (χ0v) is 14.2. The van der Waals surface area contributed by atoms with Gasteiger partial charge < -0.3 is 18.8 Å². The molecule has 1 aromatic carbocycles. The molecule has 1 aliphatic heterocycles. The van der Waals surface area contributed by atoms with Crippen LogP contribution in [0, 0.1) is 6.92 Å². The van der Waals surface area contributed by atoms with Gasteiger partial charge in [0.15, 0.2) is 5.76 Å². The van der Waals surface area contributed by atoms with Gasteiger partial charge in [-0.1, -0.05) is 18.2 Å². The Morgan fingerprint density at radius 2 is 2.12 bits per heavy atom. The molecule has 0 radical (unpaired) electrons. The van der Waals surface area contributed by atoms with Crippen molar-refractivity contribution < 1.29 is 18.7 Å². The molecule has 1 atom stereocenters. The van der Waals surface area contributed by atoms with Crippen LogP contribution < -0.4 is 4.74 Å². The van der Waals surface area contributed by atoms with E-state index in [0.717, 1.165) is 30.7 Å². The number of carbonyl (C=O) groups excluding carboxylic acids is 1. The minimum atomic E-state index is -0.0692. The van der Waals surface area contributed by atoms with Crippen molar-refractivity contribution in [2.45, 2.75) is 32.5 Å². The number of methoxy groups -OCH3 is 1. The first-order valence-corrected chi connectivity index (χ1v) is 8.26. The van der Waals surface area contributed by atoms with Crippen molar-refractivity contribution in [2.24, 2.45) is 0 Å². The van der Waals surface area contributed by atoms with E-state index in [0.29, 0.717) is 24.7 Å². The number of nitrogens with zero attached hydrogens (tertiary/aromatic N) is 1. The minimum Gasteiger partial charge on any atom is -0.486 e. The van der Waals surface area contributed by atoms with Crippen LogP contribution in [0.25, 0.3) is 0 Å². The number of hydrogen-bond donors (Lipinski definition) is 0. The molecule has 1 aliphatic rings. The van der Waals surface area contributed by atoms with Crippen molar-refractivity contribution in [3.8, 4) is 5.75 Å². The number of para-hydroxylation sites is 1. The summed E-state index contributed by atoms with van der Waals surface area (Å²) in [7, 11) is 1.69. The highest BCUT2D eigenvalue weighted by molar-refractivity contribution is 5.93. The Kier molecular flexibility index (Phi) is 5.20. The molecule has 2 aromatic rings. The van der Waals surface area contributed by atoms with Gasteiger partial charge in [0.1, 0.15) is 18.1 Å². The van der Waals surface area contributed by atoms with E-state index in [4.69, 9.17) is 13.9 Å². The predicted molar refractivity (Wildman–Crippen MR) is 90.2 cm³/mol. The Labute approximate surface area is 142 Å². The smallest absolute Gasteiger partial charge is 0.289 e. The number of carbonyl (C=O) groups is 1. The molecular weight excluding hydrogens is 306 g/mol. The second-order valence-electron chi connectivity index (χ2n) is 6.08. The molecule has 1 amide bonds. The molecule has 128 valence electrons. The molecule has 5 nitrogen and oxygen atoms in total. The molecule has 0 N–H and O–H groups in total. The van der Waals surface area contributed by atoms with Crippen LogP contribution in [0.3, 0.4) is 0 Å². The summed E-state index contributed by atoms with van der Waals surface area (Å²) >= 11 is 0. The van der Waals surface area contributed by atoms with Gasteiger partial charge in [0.05, 0.1) is 6.10 Å². The van der Waals surface area contributed by atoms with Gasteiger partial charge in [-0.05, 0) is 38.0 Å². The summed E-state index contributed by atoms with van der Waals surface area (Å²) in [6.45, 7) is 3.55. The molecule has 0 spiro atoms. The largest absolute Gasteiger partial charge is 0.486 e. The average molecular weight is 329 g/mol. The summed E-state index contributed by atoms with van der Waals surface area (Å²) in [6.07, 6.45) is 2.06. The number of likely N-dealkylation sites (tertiary alicyclic amines) is 1. The molecule has 3 rings (SSSR count). The topological polar surface area (TPSA) is 51.9 Å². The normalized spacial score (nSPS) is 17.8. The lowest BCUT2D eigenvalue weighted by atomic mass is 10.1. The van der Waals surface area contributed by atoms with Crippen LogP contribution in [0.15, 0.2) is 40.8 Å². The van der Waals surface area contributed by atoms with Crippen molar-refractivity contribution in [2.75, 3.05) is 20.2 Å². The number of hydrogen-bond acceptors (Lipinski definition) is 4. The van der Waals surface area contributed by atoms with E-state index >= 15 is 0 Å². The van der Waals surface area contributed by atoms with Gasteiger partial charge in [-0.3, -0.25) is 4.79 Å². The molecule has 1 fully saturated rings. The highest BCUT2D eigenvalue weighted by atomic mass is 16.5. The Bertz CT molecular complexity index is 680. The van der Waals surface area contributed by atoms with E-state index in [1.165, 1.54) is 0 Å². The van der Waals surface area contributed by atoms with Crippen LogP contribution in [-0.4, -0.2) is 37.1 Å². The average Bonchev–Trinajstić information content (AvgIpc) is 3.01. The van der Waals surface area contributed by atoms with Gasteiger partial charge in [-0.15, -0.1) is 0 Å². The maximum atomic E-state index is 12.7. The fraction of sp³-hybridized carbons (Fsp3) is 0.421. The van der Waals surface area contributed by atoms with Gasteiger partial charge in [0.25, 0.3) is 5.91 Å². The molecule has 1 saturated heterocycles. The monoisotopic (exact) mass is 329 g/mol. The van der Waals surface area contributed by atoms with Crippen molar-refractivity contribution >= 4 is 5.91 Å². The highest BCUT2D eigenvalue weighted by Gasteiger charge is 2.27. The van der Waals surface area contributed by atoms with Crippen LogP contribution in [0.2, 0.25) is 0 Å². The Balaban J connectivity index is 1.66. The Morgan fingerprint density at radius 1 is 1.33 bits per heavy atom. The lowest BCUT2D eigenvalue weighted by molar-refractivity contribution is 0.0250. The summed E-state index contributed by atoms with van der Waals surface area (Å²) in [5.41, 5.74) is 0.839. The quantitative estimate of drug-likeness (QED) is 0.843. The lowest BCUT2D eigenvalue weighted by Gasteiger charge is -2.31. The van der Waals surface area contributed by atoms with E-state index in [9.17, 15) is 4.79 Å². The molecule has 24 heavy (non-hydrogen) atoms. The number of amides is 1. The first-order valence-electron chi connectivity index (χ1n) is 8.26. The van der Waals surface area contributed by atoms with Gasteiger partial charge in [-0.25, -0.2) is 0 Å². The zero-order valence-electron chi connectivity index (χ0n) is 14.2. The maximum Gasteiger partial charge on any atom is 0.289 e. The summed E-state index contributed by atoms with van der Waals surface area (Å²) in [5, 5.41) is 0. The van der Waals surface area contributed by atoms with Crippen LogP contribution in [-0.2, 0) is 11.3 Å². The van der Waals surface area contributed by atoms with Gasteiger partial charge in [0.2, 0.25) is 0 Å². The van der Waals surface area contributed by atoms with Crippen LogP contribution in [0.4, 0.5) is 0 Å².